The highest BCUT2D eigenvalue weighted by molar-refractivity contribution is 6.06. The number of ether oxygens (including phenoxy) is 1. The zero-order valence-electron chi connectivity index (χ0n) is 13.8. The molecule has 0 saturated heterocycles. The zero-order valence-corrected chi connectivity index (χ0v) is 13.8. The molecule has 4 nitrogen and oxygen atoms in total. The Morgan fingerprint density at radius 1 is 1.12 bits per heavy atom. The van der Waals surface area contributed by atoms with Crippen LogP contribution in [0.25, 0.3) is 0 Å². The third-order valence-corrected chi connectivity index (χ3v) is 4.35. The summed E-state index contributed by atoms with van der Waals surface area (Å²) in [7, 11) is 0. The van der Waals surface area contributed by atoms with Crippen molar-refractivity contribution >= 4 is 17.3 Å². The molecule has 1 amide bonds. The highest BCUT2D eigenvalue weighted by Crippen LogP contribution is 2.44. The van der Waals surface area contributed by atoms with Crippen LogP contribution in [0.4, 0.5) is 24.5 Å². The normalized spacial score (nSPS) is 20.3. The number of para-hydroxylation sites is 1. The molecule has 1 unspecified atom stereocenters. The number of hydrogen-bond donors (Lipinski definition) is 2. The summed E-state index contributed by atoms with van der Waals surface area (Å²) in [6.45, 7) is 0. The summed E-state index contributed by atoms with van der Waals surface area (Å²) >= 11 is 0. The Hall–Kier alpha value is -2.70. The van der Waals surface area contributed by atoms with E-state index in [1.165, 1.54) is 30.3 Å². The van der Waals surface area contributed by atoms with Gasteiger partial charge < -0.3 is 15.4 Å². The van der Waals surface area contributed by atoms with Crippen molar-refractivity contribution in [2.45, 2.75) is 37.3 Å². The van der Waals surface area contributed by atoms with Crippen LogP contribution in [0.2, 0.25) is 0 Å². The average molecular weight is 362 g/mol. The van der Waals surface area contributed by atoms with Gasteiger partial charge in [-0.25, -0.2) is 13.2 Å². The third-order valence-electron chi connectivity index (χ3n) is 4.35. The number of carbonyl (C=O) groups excluding carboxylic acids is 1. The summed E-state index contributed by atoms with van der Waals surface area (Å²) in [5.74, 6) is -3.52. The number of carbonyl (C=O) groups is 1. The molecule has 2 aromatic carbocycles. The Morgan fingerprint density at radius 2 is 1.81 bits per heavy atom. The van der Waals surface area contributed by atoms with Gasteiger partial charge in [0.2, 0.25) is 0 Å². The second kappa shape index (κ2) is 6.23. The highest BCUT2D eigenvalue weighted by Gasteiger charge is 2.59. The maximum atomic E-state index is 14.1. The Kier molecular flexibility index (Phi) is 4.01. The molecule has 136 valence electrons. The van der Waals surface area contributed by atoms with Crippen LogP contribution in [0.5, 0.6) is 5.75 Å². The molecule has 2 fully saturated rings. The zero-order chi connectivity index (χ0) is 18.3. The van der Waals surface area contributed by atoms with E-state index in [1.54, 1.807) is 12.1 Å². The first kappa shape index (κ1) is 16.8. The van der Waals surface area contributed by atoms with Gasteiger partial charge in [0.05, 0.1) is 12.1 Å². The van der Waals surface area contributed by atoms with Crippen LogP contribution in [0, 0.1) is 5.82 Å². The molecule has 4 rings (SSSR count). The van der Waals surface area contributed by atoms with Gasteiger partial charge in [-0.2, -0.15) is 0 Å². The standard InChI is InChI=1S/C19H17F3N2O2/c20-14-2-1-3-15(23-12-6-7-12)17(14)24-18(25)11-4-8-13(9-5-11)26-16-10-19(16,21)22/h1-5,8-9,12,16,23H,6-7,10H2,(H,24,25). The molecule has 0 heterocycles. The van der Waals surface area contributed by atoms with Gasteiger partial charge in [0.15, 0.2) is 6.10 Å². The van der Waals surface area contributed by atoms with Gasteiger partial charge in [-0.1, -0.05) is 6.07 Å². The lowest BCUT2D eigenvalue weighted by atomic mass is 10.2. The topological polar surface area (TPSA) is 50.4 Å². The van der Waals surface area contributed by atoms with Gasteiger partial charge in [0.1, 0.15) is 17.3 Å². The summed E-state index contributed by atoms with van der Waals surface area (Å²) in [6.07, 6.45) is 0.646. The molecule has 0 bridgehead atoms. The molecular formula is C19H17F3N2O2. The van der Waals surface area contributed by atoms with E-state index in [9.17, 15) is 18.0 Å². The molecule has 2 aliphatic carbocycles. The Bertz CT molecular complexity index is 835. The number of rotatable bonds is 6. The quantitative estimate of drug-likeness (QED) is 0.799. The van der Waals surface area contributed by atoms with Gasteiger partial charge in [-0.05, 0) is 49.2 Å². The SMILES string of the molecule is O=C(Nc1c(F)cccc1NC1CC1)c1ccc(OC2CC2(F)F)cc1. The van der Waals surface area contributed by atoms with Crippen molar-refractivity contribution in [3.8, 4) is 5.75 Å². The molecule has 2 N–H and O–H groups in total. The van der Waals surface area contributed by atoms with Gasteiger partial charge in [-0.15, -0.1) is 0 Å². The first-order valence-corrected chi connectivity index (χ1v) is 8.43. The van der Waals surface area contributed by atoms with Crippen molar-refractivity contribution in [2.75, 3.05) is 10.6 Å². The summed E-state index contributed by atoms with van der Waals surface area (Å²) in [5, 5.41) is 5.76. The van der Waals surface area contributed by atoms with Crippen molar-refractivity contribution in [1.29, 1.82) is 0 Å². The molecule has 7 heteroatoms. The molecule has 26 heavy (non-hydrogen) atoms. The average Bonchev–Trinajstić information content (AvgIpc) is 3.51. The van der Waals surface area contributed by atoms with Gasteiger partial charge in [0.25, 0.3) is 11.8 Å². The Balaban J connectivity index is 1.45. The van der Waals surface area contributed by atoms with Crippen molar-refractivity contribution in [2.24, 2.45) is 0 Å². The minimum Gasteiger partial charge on any atom is -0.484 e. The predicted molar refractivity (Wildman–Crippen MR) is 91.4 cm³/mol. The van der Waals surface area contributed by atoms with E-state index in [0.717, 1.165) is 12.8 Å². The summed E-state index contributed by atoms with van der Waals surface area (Å²) < 4.78 is 45.0. The summed E-state index contributed by atoms with van der Waals surface area (Å²) in [5.41, 5.74) is 0.916. The number of nitrogens with one attached hydrogen (secondary N) is 2. The fourth-order valence-corrected chi connectivity index (χ4v) is 2.57. The van der Waals surface area contributed by atoms with Crippen LogP contribution in [-0.4, -0.2) is 24.0 Å². The molecule has 2 aliphatic rings. The van der Waals surface area contributed by atoms with Crippen LogP contribution in [0.15, 0.2) is 42.5 Å². The maximum absolute atomic E-state index is 14.1. The van der Waals surface area contributed by atoms with E-state index in [1.807, 2.05) is 0 Å². The van der Waals surface area contributed by atoms with Crippen LogP contribution in [0.1, 0.15) is 29.6 Å². The summed E-state index contributed by atoms with van der Waals surface area (Å²) in [6, 6.07) is 10.7. The van der Waals surface area contributed by atoms with E-state index >= 15 is 0 Å². The van der Waals surface area contributed by atoms with Gasteiger partial charge >= 0.3 is 0 Å². The van der Waals surface area contributed by atoms with Gasteiger partial charge in [0, 0.05) is 11.6 Å². The number of halogens is 3. The Labute approximate surface area is 148 Å². The molecular weight excluding hydrogens is 345 g/mol. The molecule has 2 saturated carbocycles. The second-order valence-electron chi connectivity index (χ2n) is 6.63. The molecule has 0 aromatic heterocycles. The first-order valence-electron chi connectivity index (χ1n) is 8.43. The van der Waals surface area contributed by atoms with Crippen LogP contribution < -0.4 is 15.4 Å². The Morgan fingerprint density at radius 3 is 2.42 bits per heavy atom. The van der Waals surface area contributed by atoms with Crippen molar-refractivity contribution in [1.82, 2.24) is 0 Å². The lowest BCUT2D eigenvalue weighted by molar-refractivity contribution is 0.0665. The number of benzene rings is 2. The fraction of sp³-hybridized carbons (Fsp3) is 0.316. The van der Waals surface area contributed by atoms with E-state index in [0.29, 0.717) is 11.7 Å². The summed E-state index contributed by atoms with van der Waals surface area (Å²) in [4.78, 5) is 12.4. The van der Waals surface area contributed by atoms with Crippen molar-refractivity contribution in [3.63, 3.8) is 0 Å². The monoisotopic (exact) mass is 362 g/mol. The van der Waals surface area contributed by atoms with E-state index in [4.69, 9.17) is 4.74 Å². The number of amides is 1. The van der Waals surface area contributed by atoms with Crippen LogP contribution >= 0.6 is 0 Å². The van der Waals surface area contributed by atoms with Crippen molar-refractivity contribution < 1.29 is 22.7 Å². The fourth-order valence-electron chi connectivity index (χ4n) is 2.57. The smallest absolute Gasteiger partial charge is 0.288 e. The lowest BCUT2D eigenvalue weighted by Crippen LogP contribution is -2.15. The number of hydrogen-bond acceptors (Lipinski definition) is 3. The molecule has 0 radical (unpaired) electrons. The van der Waals surface area contributed by atoms with E-state index < -0.39 is 23.8 Å². The van der Waals surface area contributed by atoms with Gasteiger partial charge in [-0.3, -0.25) is 4.79 Å². The van der Waals surface area contributed by atoms with E-state index in [-0.39, 0.29) is 23.4 Å². The third kappa shape index (κ3) is 3.61. The molecule has 0 aliphatic heterocycles. The number of alkyl halides is 2. The van der Waals surface area contributed by atoms with Crippen molar-refractivity contribution in [3.05, 3.63) is 53.8 Å². The lowest BCUT2D eigenvalue weighted by Gasteiger charge is -2.14. The van der Waals surface area contributed by atoms with Crippen LogP contribution in [0.3, 0.4) is 0 Å². The maximum Gasteiger partial charge on any atom is 0.288 e. The highest BCUT2D eigenvalue weighted by atomic mass is 19.3. The molecule has 2 aromatic rings. The van der Waals surface area contributed by atoms with Crippen LogP contribution in [-0.2, 0) is 0 Å². The predicted octanol–water partition coefficient (Wildman–Crippen LogP) is 4.44. The van der Waals surface area contributed by atoms with E-state index in [2.05, 4.69) is 10.6 Å². The second-order valence-corrected chi connectivity index (χ2v) is 6.63. The minimum absolute atomic E-state index is 0.0994. The minimum atomic E-state index is -2.77. The molecule has 0 spiro atoms. The largest absolute Gasteiger partial charge is 0.484 e. The molecule has 1 atom stereocenters. The number of anilines is 2. The first-order chi connectivity index (χ1) is 12.4.